The Balaban J connectivity index is 2.50. The van der Waals surface area contributed by atoms with Crippen molar-refractivity contribution >= 4 is 27.7 Å². The molecule has 5 heteroatoms. The summed E-state index contributed by atoms with van der Waals surface area (Å²) < 4.78 is 31.6. The predicted molar refractivity (Wildman–Crippen MR) is 72.5 cm³/mol. The van der Waals surface area contributed by atoms with Crippen LogP contribution >= 0.6 is 27.7 Å². The van der Waals surface area contributed by atoms with E-state index in [9.17, 15) is 8.78 Å². The van der Waals surface area contributed by atoms with Crippen LogP contribution in [0.5, 0.6) is 5.75 Å². The van der Waals surface area contributed by atoms with Gasteiger partial charge < -0.3 is 4.74 Å². The number of alkyl halides is 3. The van der Waals surface area contributed by atoms with Gasteiger partial charge in [0.2, 0.25) is 0 Å². The Bertz CT molecular complexity index is 343. The maximum Gasteiger partial charge on any atom is 0.305 e. The highest BCUT2D eigenvalue weighted by atomic mass is 79.9. The molecule has 0 aromatic heterocycles. The van der Waals surface area contributed by atoms with Crippen molar-refractivity contribution in [1.29, 1.82) is 0 Å². The van der Waals surface area contributed by atoms with Crippen molar-refractivity contribution in [3.8, 4) is 5.75 Å². The molecule has 0 spiro atoms. The van der Waals surface area contributed by atoms with E-state index in [1.54, 1.807) is 7.11 Å². The van der Waals surface area contributed by atoms with Gasteiger partial charge in [0.05, 0.1) is 11.9 Å². The summed E-state index contributed by atoms with van der Waals surface area (Å²) >= 11 is 3.63. The van der Waals surface area contributed by atoms with E-state index < -0.39 is 10.1 Å². The maximum atomic E-state index is 13.3. The number of halogens is 3. The van der Waals surface area contributed by atoms with Crippen LogP contribution in [-0.4, -0.2) is 23.4 Å². The number of methoxy groups -OCH3 is 1. The van der Waals surface area contributed by atoms with E-state index >= 15 is 0 Å². The van der Waals surface area contributed by atoms with Crippen LogP contribution in [0.3, 0.4) is 0 Å². The molecular weight excluding hydrogens is 310 g/mol. The van der Waals surface area contributed by atoms with Crippen molar-refractivity contribution in [2.75, 3.05) is 13.4 Å². The number of hydrogen-bond acceptors (Lipinski definition) is 2. The first kappa shape index (κ1) is 14.8. The first-order valence-electron chi connectivity index (χ1n) is 5.19. The molecule has 0 aliphatic carbocycles. The van der Waals surface area contributed by atoms with Crippen molar-refractivity contribution in [2.24, 2.45) is 0 Å². The van der Waals surface area contributed by atoms with Gasteiger partial charge in [-0.15, -0.1) is 0 Å². The van der Waals surface area contributed by atoms with E-state index in [4.69, 9.17) is 4.74 Å². The number of benzene rings is 1. The van der Waals surface area contributed by atoms with Gasteiger partial charge in [-0.3, -0.25) is 0 Å². The fourth-order valence-electron chi connectivity index (χ4n) is 1.38. The summed E-state index contributed by atoms with van der Waals surface area (Å²) in [6.45, 7) is 0. The Morgan fingerprint density at radius 3 is 2.41 bits per heavy atom. The van der Waals surface area contributed by atoms with Crippen LogP contribution in [-0.2, 0) is 6.42 Å². The van der Waals surface area contributed by atoms with E-state index in [0.717, 1.165) is 11.3 Å². The summed E-state index contributed by atoms with van der Waals surface area (Å²) in [6, 6.07) is 7.47. The zero-order chi connectivity index (χ0) is 12.9. The first-order chi connectivity index (χ1) is 7.99. The molecule has 0 N–H and O–H groups in total. The van der Waals surface area contributed by atoms with Gasteiger partial charge in [-0.25, -0.2) is 0 Å². The molecule has 0 amide bonds. The molecule has 0 aliphatic heterocycles. The van der Waals surface area contributed by atoms with Crippen molar-refractivity contribution in [2.45, 2.75) is 22.9 Å². The molecule has 0 bridgehead atoms. The second-order valence-corrected chi connectivity index (χ2v) is 5.68. The summed E-state index contributed by atoms with van der Waals surface area (Å²) in [4.78, 5) is -0.799. The first-order valence-corrected chi connectivity index (χ1v) is 7.33. The second kappa shape index (κ2) is 6.59. The summed E-state index contributed by atoms with van der Waals surface area (Å²) in [5, 5.41) is -2.72. The molecule has 1 nitrogen and oxygen atoms in total. The molecular formula is C12H15BrF2OS. The Morgan fingerprint density at radius 2 is 1.94 bits per heavy atom. The lowest BCUT2D eigenvalue weighted by Gasteiger charge is -2.19. The van der Waals surface area contributed by atoms with E-state index in [0.29, 0.717) is 24.6 Å². The summed E-state index contributed by atoms with van der Waals surface area (Å²) in [5.74, 6) is 0.776. The van der Waals surface area contributed by atoms with Crippen LogP contribution in [0.15, 0.2) is 24.3 Å². The standard InChI is InChI=1S/C12H15BrF2OS/c1-16-10-6-3-9(4-7-10)5-8-11(13)12(14,15)17-2/h3-4,6-7,11H,5,8H2,1-2H3. The molecule has 1 aromatic rings. The van der Waals surface area contributed by atoms with Crippen molar-refractivity contribution in [3.05, 3.63) is 29.8 Å². The van der Waals surface area contributed by atoms with E-state index in [1.807, 2.05) is 24.3 Å². The lowest BCUT2D eigenvalue weighted by molar-refractivity contribution is 0.103. The third kappa shape index (κ3) is 4.47. The lowest BCUT2D eigenvalue weighted by atomic mass is 10.1. The topological polar surface area (TPSA) is 9.23 Å². The highest BCUT2D eigenvalue weighted by Crippen LogP contribution is 2.37. The Labute approximate surface area is 113 Å². The molecule has 1 aromatic carbocycles. The third-order valence-electron chi connectivity index (χ3n) is 2.48. The van der Waals surface area contributed by atoms with Gasteiger partial charge in [0.15, 0.2) is 0 Å². The number of thioether (sulfide) groups is 1. The van der Waals surface area contributed by atoms with Crippen LogP contribution < -0.4 is 4.74 Å². The molecule has 96 valence electrons. The highest BCUT2D eigenvalue weighted by Gasteiger charge is 2.36. The minimum atomic E-state index is -2.72. The monoisotopic (exact) mass is 324 g/mol. The van der Waals surface area contributed by atoms with Gasteiger partial charge in [0.1, 0.15) is 5.75 Å². The average Bonchev–Trinajstić information content (AvgIpc) is 2.36. The smallest absolute Gasteiger partial charge is 0.305 e. The molecule has 1 rings (SSSR count). The van der Waals surface area contributed by atoms with E-state index in [1.165, 1.54) is 6.26 Å². The molecule has 1 atom stereocenters. The van der Waals surface area contributed by atoms with Crippen molar-refractivity contribution in [1.82, 2.24) is 0 Å². The molecule has 0 aliphatic rings. The van der Waals surface area contributed by atoms with Gasteiger partial charge >= 0.3 is 5.25 Å². The van der Waals surface area contributed by atoms with Crippen molar-refractivity contribution in [3.63, 3.8) is 0 Å². The summed E-state index contributed by atoms with van der Waals surface area (Å²) in [6.07, 6.45) is 2.44. The van der Waals surface area contributed by atoms with Crippen LogP contribution in [0, 0.1) is 0 Å². The Kier molecular flexibility index (Phi) is 5.73. The molecule has 0 fully saturated rings. The number of rotatable bonds is 6. The second-order valence-electron chi connectivity index (χ2n) is 3.62. The van der Waals surface area contributed by atoms with Crippen LogP contribution in [0.25, 0.3) is 0 Å². The molecule has 0 radical (unpaired) electrons. The van der Waals surface area contributed by atoms with Crippen LogP contribution in [0.4, 0.5) is 8.78 Å². The Hall–Kier alpha value is -0.290. The SMILES string of the molecule is COc1ccc(CCC(Br)C(F)(F)SC)cc1. The van der Waals surface area contributed by atoms with Crippen LogP contribution in [0.1, 0.15) is 12.0 Å². The highest BCUT2D eigenvalue weighted by molar-refractivity contribution is 9.09. The van der Waals surface area contributed by atoms with Crippen LogP contribution in [0.2, 0.25) is 0 Å². The fraction of sp³-hybridized carbons (Fsp3) is 0.500. The molecule has 1 unspecified atom stereocenters. The minimum Gasteiger partial charge on any atom is -0.497 e. The predicted octanol–water partition coefficient (Wildman–Crippen LogP) is 4.35. The summed E-state index contributed by atoms with van der Waals surface area (Å²) in [5.41, 5.74) is 1.03. The molecule has 0 heterocycles. The zero-order valence-corrected chi connectivity index (χ0v) is 12.2. The number of aryl methyl sites for hydroxylation is 1. The van der Waals surface area contributed by atoms with Crippen molar-refractivity contribution < 1.29 is 13.5 Å². The van der Waals surface area contributed by atoms with E-state index in [-0.39, 0.29) is 0 Å². The minimum absolute atomic E-state index is 0.403. The molecule has 17 heavy (non-hydrogen) atoms. The van der Waals surface area contributed by atoms with Gasteiger partial charge in [0.25, 0.3) is 0 Å². The van der Waals surface area contributed by atoms with Gasteiger partial charge in [-0.2, -0.15) is 8.78 Å². The lowest BCUT2D eigenvalue weighted by Crippen LogP contribution is -2.24. The zero-order valence-electron chi connectivity index (χ0n) is 9.75. The third-order valence-corrected chi connectivity index (χ3v) is 4.65. The molecule has 0 saturated heterocycles. The maximum absolute atomic E-state index is 13.3. The van der Waals surface area contributed by atoms with Gasteiger partial charge in [-0.1, -0.05) is 39.8 Å². The number of ether oxygens (including phenoxy) is 1. The van der Waals surface area contributed by atoms with Gasteiger partial charge in [-0.05, 0) is 36.8 Å². The average molecular weight is 325 g/mol. The quantitative estimate of drug-likeness (QED) is 0.719. The fourth-order valence-corrected chi connectivity index (χ4v) is 2.54. The molecule has 0 saturated carbocycles. The largest absolute Gasteiger partial charge is 0.497 e. The Morgan fingerprint density at radius 1 is 1.35 bits per heavy atom. The van der Waals surface area contributed by atoms with Gasteiger partial charge in [0, 0.05) is 0 Å². The summed E-state index contributed by atoms with van der Waals surface area (Å²) in [7, 11) is 1.60. The normalized spacial score (nSPS) is 13.5. The van der Waals surface area contributed by atoms with E-state index in [2.05, 4.69) is 15.9 Å². The number of hydrogen-bond donors (Lipinski definition) is 0.